The molecule has 1 rings (SSSR count). The van der Waals surface area contributed by atoms with Crippen molar-refractivity contribution in [3.63, 3.8) is 0 Å². The van der Waals surface area contributed by atoms with E-state index in [2.05, 4.69) is 38.0 Å². The van der Waals surface area contributed by atoms with Crippen LogP contribution in [0.3, 0.4) is 0 Å². The molecule has 0 aliphatic rings. The van der Waals surface area contributed by atoms with Gasteiger partial charge in [0.2, 0.25) is 0 Å². The first-order valence-electron chi connectivity index (χ1n) is 5.32. The molecule has 0 unspecified atom stereocenters. The summed E-state index contributed by atoms with van der Waals surface area (Å²) in [4.78, 5) is 15.8. The Morgan fingerprint density at radius 2 is 2.13 bits per heavy atom. The second-order valence-corrected chi connectivity index (χ2v) is 4.44. The maximum absolute atomic E-state index is 11.6. The average molecular weight is 209 g/mol. The number of hydrogen-bond donors (Lipinski definition) is 1. The fraction of sp³-hybridized carbons (Fsp3) is 0.636. The molecule has 0 spiro atoms. The van der Waals surface area contributed by atoms with Gasteiger partial charge in [-0.15, -0.1) is 0 Å². The van der Waals surface area contributed by atoms with E-state index in [-0.39, 0.29) is 6.03 Å². The van der Waals surface area contributed by atoms with Gasteiger partial charge >= 0.3 is 6.03 Å². The van der Waals surface area contributed by atoms with Crippen LogP contribution in [-0.4, -0.2) is 22.1 Å². The van der Waals surface area contributed by atoms with Crippen molar-refractivity contribution in [2.75, 3.05) is 6.54 Å². The van der Waals surface area contributed by atoms with Crippen LogP contribution in [0.25, 0.3) is 0 Å². The summed E-state index contributed by atoms with van der Waals surface area (Å²) in [6, 6.07) is -0.108. The van der Waals surface area contributed by atoms with Gasteiger partial charge in [-0.2, -0.15) is 0 Å². The molecule has 1 heterocycles. The Morgan fingerprint density at radius 1 is 1.47 bits per heavy atom. The topological polar surface area (TPSA) is 46.9 Å². The normalized spacial score (nSPS) is 11.1. The maximum Gasteiger partial charge on any atom is 0.326 e. The van der Waals surface area contributed by atoms with Crippen molar-refractivity contribution in [1.29, 1.82) is 0 Å². The molecule has 0 aliphatic carbocycles. The molecule has 1 aromatic heterocycles. The number of nitrogens with one attached hydrogen (secondary N) is 1. The fourth-order valence-corrected chi connectivity index (χ4v) is 1.13. The van der Waals surface area contributed by atoms with Gasteiger partial charge in [0.1, 0.15) is 6.33 Å². The van der Waals surface area contributed by atoms with Gasteiger partial charge in [0.15, 0.2) is 0 Å². The molecule has 0 atom stereocenters. The third-order valence-corrected chi connectivity index (χ3v) is 2.09. The number of hydrogen-bond acceptors (Lipinski definition) is 2. The smallest absolute Gasteiger partial charge is 0.326 e. The van der Waals surface area contributed by atoms with E-state index >= 15 is 0 Å². The Bertz CT molecular complexity index is 328. The van der Waals surface area contributed by atoms with E-state index in [1.54, 1.807) is 12.5 Å². The molecule has 0 saturated carbocycles. The number of nitrogens with zero attached hydrogens (tertiary/aromatic N) is 2. The van der Waals surface area contributed by atoms with Crippen LogP contribution >= 0.6 is 0 Å². The maximum atomic E-state index is 11.6. The van der Waals surface area contributed by atoms with E-state index in [4.69, 9.17) is 0 Å². The van der Waals surface area contributed by atoms with Crippen LogP contribution < -0.4 is 5.32 Å². The molecule has 84 valence electrons. The summed E-state index contributed by atoms with van der Waals surface area (Å²) in [5.74, 6) is 0.811. The second-order valence-electron chi connectivity index (χ2n) is 4.44. The minimum Gasteiger partial charge on any atom is -0.337 e. The molecule has 0 aromatic carbocycles. The van der Waals surface area contributed by atoms with E-state index in [9.17, 15) is 4.79 Å². The predicted molar refractivity (Wildman–Crippen MR) is 60.0 cm³/mol. The summed E-state index contributed by atoms with van der Waals surface area (Å²) in [6.45, 7) is 8.92. The highest BCUT2D eigenvalue weighted by molar-refractivity contribution is 5.76. The number of imidazole rings is 1. The second kappa shape index (κ2) is 4.96. The lowest BCUT2D eigenvalue weighted by Crippen LogP contribution is -2.30. The molecule has 0 bridgehead atoms. The number of rotatable bonds is 3. The van der Waals surface area contributed by atoms with Crippen molar-refractivity contribution in [2.24, 2.45) is 5.92 Å². The van der Waals surface area contributed by atoms with E-state index in [0.29, 0.717) is 18.4 Å². The Hall–Kier alpha value is -1.32. The summed E-state index contributed by atoms with van der Waals surface area (Å²) in [5, 5.41) is 2.83. The highest BCUT2D eigenvalue weighted by Crippen LogP contribution is 2.10. The van der Waals surface area contributed by atoms with Gasteiger partial charge in [-0.05, 0) is 11.8 Å². The van der Waals surface area contributed by atoms with E-state index in [1.165, 1.54) is 4.57 Å². The minimum atomic E-state index is -0.108. The Kier molecular flexibility index (Phi) is 3.88. The van der Waals surface area contributed by atoms with Crippen LogP contribution in [0.15, 0.2) is 12.5 Å². The van der Waals surface area contributed by atoms with Crippen LogP contribution in [0, 0.1) is 5.92 Å². The number of amides is 1. The first-order chi connectivity index (χ1) is 7.00. The van der Waals surface area contributed by atoms with Crippen LogP contribution in [0.2, 0.25) is 0 Å². The van der Waals surface area contributed by atoms with Crippen molar-refractivity contribution in [3.05, 3.63) is 18.2 Å². The Labute approximate surface area is 90.7 Å². The molecule has 1 aromatic rings. The quantitative estimate of drug-likeness (QED) is 0.829. The van der Waals surface area contributed by atoms with E-state index in [1.807, 2.05) is 0 Å². The molecule has 1 N–H and O–H groups in total. The fourth-order valence-electron chi connectivity index (χ4n) is 1.13. The highest BCUT2D eigenvalue weighted by atomic mass is 16.2. The van der Waals surface area contributed by atoms with Gasteiger partial charge in [-0.3, -0.25) is 4.57 Å². The molecular weight excluding hydrogens is 190 g/mol. The van der Waals surface area contributed by atoms with Gasteiger partial charge in [0, 0.05) is 12.7 Å². The van der Waals surface area contributed by atoms with Crippen molar-refractivity contribution in [3.8, 4) is 0 Å². The number of carbonyl (C=O) groups is 1. The standard InChI is InChI=1S/C11H19N3O/c1-8(2)5-12-11(15)14-6-10(9(3)4)13-7-14/h6-9H,5H2,1-4H3,(H,12,15). The summed E-state index contributed by atoms with van der Waals surface area (Å²) >= 11 is 0. The number of aromatic nitrogens is 2. The lowest BCUT2D eigenvalue weighted by Gasteiger charge is -2.07. The van der Waals surface area contributed by atoms with Gasteiger partial charge in [0.05, 0.1) is 5.69 Å². The molecular formula is C11H19N3O. The first kappa shape index (κ1) is 11.8. The number of carbonyl (C=O) groups excluding carboxylic acids is 1. The summed E-state index contributed by atoms with van der Waals surface area (Å²) in [7, 11) is 0. The molecule has 0 fully saturated rings. The van der Waals surface area contributed by atoms with Gasteiger partial charge in [-0.1, -0.05) is 27.7 Å². The van der Waals surface area contributed by atoms with Crippen molar-refractivity contribution in [2.45, 2.75) is 33.6 Å². The molecule has 0 aliphatic heterocycles. The van der Waals surface area contributed by atoms with Crippen LogP contribution in [0.1, 0.15) is 39.3 Å². The molecule has 0 radical (unpaired) electrons. The van der Waals surface area contributed by atoms with Gasteiger partial charge in [-0.25, -0.2) is 9.78 Å². The third kappa shape index (κ3) is 3.38. The Morgan fingerprint density at radius 3 is 2.60 bits per heavy atom. The molecule has 1 amide bonds. The first-order valence-corrected chi connectivity index (χ1v) is 5.32. The average Bonchev–Trinajstić information content (AvgIpc) is 2.62. The summed E-state index contributed by atoms with van der Waals surface area (Å²) in [5.41, 5.74) is 0.940. The lowest BCUT2D eigenvalue weighted by molar-refractivity contribution is 0.241. The summed E-state index contributed by atoms with van der Waals surface area (Å²) in [6.07, 6.45) is 3.34. The van der Waals surface area contributed by atoms with Crippen molar-refractivity contribution >= 4 is 6.03 Å². The van der Waals surface area contributed by atoms with Gasteiger partial charge in [0.25, 0.3) is 0 Å². The zero-order valence-corrected chi connectivity index (χ0v) is 9.82. The summed E-state index contributed by atoms with van der Waals surface area (Å²) < 4.78 is 1.50. The molecule has 4 nitrogen and oxygen atoms in total. The molecule has 15 heavy (non-hydrogen) atoms. The lowest BCUT2D eigenvalue weighted by atomic mass is 10.2. The Balaban J connectivity index is 2.58. The molecule has 0 saturated heterocycles. The SMILES string of the molecule is CC(C)CNC(=O)n1cnc(C(C)C)c1. The van der Waals surface area contributed by atoms with Crippen molar-refractivity contribution in [1.82, 2.24) is 14.9 Å². The van der Waals surface area contributed by atoms with Gasteiger partial charge < -0.3 is 5.32 Å². The predicted octanol–water partition coefficient (Wildman–Crippen LogP) is 2.22. The van der Waals surface area contributed by atoms with E-state index in [0.717, 1.165) is 5.69 Å². The minimum absolute atomic E-state index is 0.108. The zero-order valence-electron chi connectivity index (χ0n) is 9.82. The highest BCUT2D eigenvalue weighted by Gasteiger charge is 2.08. The van der Waals surface area contributed by atoms with Crippen LogP contribution in [-0.2, 0) is 0 Å². The monoisotopic (exact) mass is 209 g/mol. The largest absolute Gasteiger partial charge is 0.337 e. The van der Waals surface area contributed by atoms with Crippen LogP contribution in [0.5, 0.6) is 0 Å². The van der Waals surface area contributed by atoms with Crippen molar-refractivity contribution < 1.29 is 4.79 Å². The zero-order chi connectivity index (χ0) is 11.4. The molecule has 4 heteroatoms. The van der Waals surface area contributed by atoms with E-state index < -0.39 is 0 Å². The third-order valence-electron chi connectivity index (χ3n) is 2.09. The van der Waals surface area contributed by atoms with Crippen LogP contribution in [0.4, 0.5) is 4.79 Å².